The summed E-state index contributed by atoms with van der Waals surface area (Å²) in [4.78, 5) is 4.01. The number of aliphatic hydroxyl groups excluding tert-OH is 13. The lowest BCUT2D eigenvalue weighted by molar-refractivity contribution is -0.439. The van der Waals surface area contributed by atoms with Crippen LogP contribution in [0.4, 0.5) is 0 Å². The van der Waals surface area contributed by atoms with Crippen LogP contribution in [0.1, 0.15) is 107 Å². The molecule has 4 aliphatic carbocycles. The van der Waals surface area contributed by atoms with Gasteiger partial charge in [0, 0.05) is 10.8 Å². The molecule has 4 aliphatic heterocycles. The predicted molar refractivity (Wildman–Crippen MR) is 258 cm³/mol. The van der Waals surface area contributed by atoms with E-state index in [-0.39, 0.29) is 34.5 Å². The maximum absolute atomic E-state index is 12.6. The van der Waals surface area contributed by atoms with Gasteiger partial charge in [-0.2, -0.15) is 0 Å². The summed E-state index contributed by atoms with van der Waals surface area (Å²) in [6.07, 6.45) is -26.2. The average Bonchev–Trinajstić information content (AvgIpc) is 3.88. The minimum absolute atomic E-state index is 0.0314. The summed E-state index contributed by atoms with van der Waals surface area (Å²) in [7, 11) is 0. The van der Waals surface area contributed by atoms with Gasteiger partial charge in [0.25, 0.3) is 0 Å². The summed E-state index contributed by atoms with van der Waals surface area (Å²) in [6.45, 7) is 14.6. The molecule has 29 atom stereocenters. The average molecular weight is 1100 g/mol. The van der Waals surface area contributed by atoms with Crippen molar-refractivity contribution in [2.75, 3.05) is 19.8 Å². The Morgan fingerprint density at radius 1 is 0.645 bits per heavy atom. The third-order valence-corrected chi connectivity index (χ3v) is 20.2. The van der Waals surface area contributed by atoms with E-state index in [4.69, 9.17) is 43.2 Å². The van der Waals surface area contributed by atoms with Crippen molar-refractivity contribution < 1.29 is 120 Å². The molecule has 15 N–H and O–H groups in total. The zero-order valence-corrected chi connectivity index (χ0v) is 44.7. The van der Waals surface area contributed by atoms with Gasteiger partial charge in [-0.25, -0.2) is 10.1 Å². The maximum atomic E-state index is 12.6. The summed E-state index contributed by atoms with van der Waals surface area (Å²) < 4.78 is 47.1. The molecule has 4 heterocycles. The Bertz CT molecular complexity index is 1970. The monoisotopic (exact) mass is 1100 g/mol. The van der Waals surface area contributed by atoms with Gasteiger partial charge in [-0.05, 0) is 99.7 Å². The lowest BCUT2D eigenvalue weighted by atomic mass is 9.38. The fraction of sp³-hybridized carbons (Fsp3) is 0.962. The fourth-order valence-corrected chi connectivity index (χ4v) is 15.3. The number of fused-ring (bicyclic) bond motifs is 5. The number of allylic oxidation sites excluding steroid dienone is 1. The lowest BCUT2D eigenvalue weighted by Crippen LogP contribution is -2.66. The Morgan fingerprint density at radius 2 is 1.22 bits per heavy atom. The van der Waals surface area contributed by atoms with Gasteiger partial charge in [0.15, 0.2) is 25.2 Å². The van der Waals surface area contributed by atoms with Gasteiger partial charge in [-0.1, -0.05) is 53.2 Å². The SMILES string of the molecule is C[C@H](CC[C@@H](O[C@@H]1OC[C@@H](O)[C@H](O)[C@H]1O[C@H]1O[C@@H](CO)[C@H](O[C@H]2O[C@@H](OO)[C@H](O)[C@@H](O)[C@@H]2O)[C@@H](O)[C@@H]1O)C(C)(C)O)C1CC[C@@]2(C)C3CC=C4C(CC[C@H](O[C@@H]5O[C@H](CO)[C@@H](O)[C@H](O)[C@H]5O)C4(C)C)[C@]3(C)[C@H](O)C[C@]12C. The molecule has 8 rings (SSSR count). The van der Waals surface area contributed by atoms with Crippen molar-refractivity contribution in [1.29, 1.82) is 0 Å². The Hall–Kier alpha value is -1.22. The van der Waals surface area contributed by atoms with Gasteiger partial charge in [0.05, 0.1) is 43.7 Å². The van der Waals surface area contributed by atoms with Crippen molar-refractivity contribution >= 4 is 0 Å². The van der Waals surface area contributed by atoms with Crippen LogP contribution in [0.25, 0.3) is 0 Å². The molecule has 440 valence electrons. The normalized spacial score (nSPS) is 51.5. The minimum atomic E-state index is -2.00. The first-order chi connectivity index (χ1) is 35.5. The molecule has 0 aromatic carbocycles. The third-order valence-electron chi connectivity index (χ3n) is 20.2. The molecular formula is C52H88O24. The van der Waals surface area contributed by atoms with E-state index >= 15 is 0 Å². The molecular weight excluding hydrogens is 1010 g/mol. The van der Waals surface area contributed by atoms with Crippen LogP contribution in [0.15, 0.2) is 11.6 Å². The van der Waals surface area contributed by atoms with E-state index in [9.17, 15) is 71.5 Å². The Kier molecular flexibility index (Phi) is 18.3. The number of hydrogen-bond acceptors (Lipinski definition) is 24. The van der Waals surface area contributed by atoms with E-state index in [1.807, 2.05) is 0 Å². The highest BCUT2D eigenvalue weighted by Gasteiger charge is 2.70. The summed E-state index contributed by atoms with van der Waals surface area (Å²) in [6, 6.07) is 0. The fourth-order valence-electron chi connectivity index (χ4n) is 15.3. The molecule has 3 unspecified atom stereocenters. The second kappa shape index (κ2) is 22.8. The zero-order valence-electron chi connectivity index (χ0n) is 44.7. The topological polar surface area (TPSA) is 387 Å². The van der Waals surface area contributed by atoms with E-state index in [1.54, 1.807) is 13.8 Å². The van der Waals surface area contributed by atoms with Crippen LogP contribution in [0.3, 0.4) is 0 Å². The van der Waals surface area contributed by atoms with Gasteiger partial charge >= 0.3 is 0 Å². The van der Waals surface area contributed by atoms with Crippen molar-refractivity contribution in [3.8, 4) is 0 Å². The molecule has 0 bridgehead atoms. The molecule has 24 nitrogen and oxygen atoms in total. The van der Waals surface area contributed by atoms with Crippen LogP contribution in [0.5, 0.6) is 0 Å². The lowest BCUT2D eigenvalue weighted by Gasteiger charge is -2.67. The van der Waals surface area contributed by atoms with Crippen molar-refractivity contribution in [2.24, 2.45) is 45.3 Å². The first-order valence-corrected chi connectivity index (χ1v) is 27.1. The third kappa shape index (κ3) is 10.5. The zero-order chi connectivity index (χ0) is 55.9. The predicted octanol–water partition coefficient (Wildman–Crippen LogP) is -2.14. The number of hydrogen-bond donors (Lipinski definition) is 15. The quantitative estimate of drug-likeness (QED) is 0.0446. The van der Waals surface area contributed by atoms with Gasteiger partial charge in [0.2, 0.25) is 6.29 Å². The molecule has 4 saturated heterocycles. The molecule has 0 spiro atoms. The van der Waals surface area contributed by atoms with Crippen molar-refractivity contribution in [3.05, 3.63) is 11.6 Å². The Labute approximate surface area is 442 Å². The van der Waals surface area contributed by atoms with Crippen LogP contribution < -0.4 is 0 Å². The number of rotatable bonds is 16. The molecule has 8 aliphatic rings. The van der Waals surface area contributed by atoms with Crippen molar-refractivity contribution in [3.63, 3.8) is 0 Å². The Balaban J connectivity index is 0.931. The maximum Gasteiger partial charge on any atom is 0.222 e. The van der Waals surface area contributed by atoms with Gasteiger partial charge in [-0.3, -0.25) is 0 Å². The molecule has 0 aromatic heterocycles. The first-order valence-electron chi connectivity index (χ1n) is 27.1. The smallest absolute Gasteiger partial charge is 0.222 e. The van der Waals surface area contributed by atoms with Gasteiger partial charge in [-0.15, -0.1) is 0 Å². The molecule has 3 saturated carbocycles. The van der Waals surface area contributed by atoms with Crippen LogP contribution in [-0.4, -0.2) is 237 Å². The van der Waals surface area contributed by atoms with Crippen LogP contribution in [-0.2, 0) is 42.8 Å². The second-order valence-electron chi connectivity index (χ2n) is 25.1. The second-order valence-corrected chi connectivity index (χ2v) is 25.1. The summed E-state index contributed by atoms with van der Waals surface area (Å²) in [5, 5.41) is 161. The molecule has 7 fully saturated rings. The molecule has 76 heavy (non-hydrogen) atoms. The van der Waals surface area contributed by atoms with Crippen LogP contribution >= 0.6 is 0 Å². The minimum Gasteiger partial charge on any atom is -0.394 e. The van der Waals surface area contributed by atoms with Gasteiger partial charge in [0.1, 0.15) is 85.5 Å². The standard InChI is InChI=1S/C52H88O24/c1-21(22-15-16-50(6)28-12-10-23-24(52(28,8)29(56)17-51(22,50)7)11-14-30(48(23,2)3)71-43-37(62)34(59)33(58)26(18-53)69-43)9-13-31(49(4,5)66)72-47-42(32(57)25(55)20-68-47)74-44-40(65)36(61)41(27(19-54)70-44)73-45-38(63)35(60)39(64)46(75-45)76-67/h10,21-22,24-47,53-67H,9,11-20H2,1-8H3/t21-,22?,24?,25-,26-,27+,28?,29-,30+,31-,32+,33-,34+,35+,36+,37-,38+,39-,40+,41+,42-,43+,44-,45+,46+,47+,50+,51-,52+/m1/s1. The van der Waals surface area contributed by atoms with E-state index in [0.717, 1.165) is 19.3 Å². The van der Waals surface area contributed by atoms with E-state index in [2.05, 4.69) is 52.5 Å². The number of aliphatic hydroxyl groups is 14. The molecule has 24 heteroatoms. The Morgan fingerprint density at radius 3 is 1.86 bits per heavy atom. The molecule has 0 radical (unpaired) electrons. The van der Waals surface area contributed by atoms with Gasteiger partial charge < -0.3 is 109 Å². The highest BCUT2D eigenvalue weighted by Crippen LogP contribution is 2.75. The van der Waals surface area contributed by atoms with E-state index in [1.165, 1.54) is 5.57 Å². The van der Waals surface area contributed by atoms with E-state index in [0.29, 0.717) is 32.1 Å². The molecule has 0 aromatic rings. The van der Waals surface area contributed by atoms with Crippen molar-refractivity contribution in [1.82, 2.24) is 0 Å². The first kappa shape index (κ1) is 60.9. The highest BCUT2D eigenvalue weighted by molar-refractivity contribution is 5.32. The van der Waals surface area contributed by atoms with Crippen molar-refractivity contribution in [2.45, 2.75) is 248 Å². The van der Waals surface area contributed by atoms with E-state index < -0.39 is 171 Å². The number of ether oxygens (including phenoxy) is 8. The largest absolute Gasteiger partial charge is 0.394 e. The molecule has 0 amide bonds. The summed E-state index contributed by atoms with van der Waals surface area (Å²) >= 11 is 0. The summed E-state index contributed by atoms with van der Waals surface area (Å²) in [5.41, 5.74) is -1.81. The van der Waals surface area contributed by atoms with Crippen LogP contribution in [0, 0.1) is 45.3 Å². The highest BCUT2D eigenvalue weighted by atomic mass is 17.1. The van der Waals surface area contributed by atoms with Crippen LogP contribution in [0.2, 0.25) is 0 Å². The summed E-state index contributed by atoms with van der Waals surface area (Å²) in [5.74, 6) is 0.397.